The van der Waals surface area contributed by atoms with Crippen LogP contribution in [0.25, 0.3) is 158 Å². The van der Waals surface area contributed by atoms with Gasteiger partial charge in [0.2, 0.25) is 0 Å². The summed E-state index contributed by atoms with van der Waals surface area (Å²) in [6.45, 7) is 6.49. The maximum Gasteiger partial charge on any atom is 0.0541 e. The zero-order chi connectivity index (χ0) is 53.0. The molecule has 16 rings (SSSR count). The molecule has 2 nitrogen and oxygen atoms in total. The second kappa shape index (κ2) is 18.3. The fraction of sp³-hybridized carbons (Fsp3) is 0.0130. The Balaban J connectivity index is 0.899. The molecule has 0 radical (unpaired) electrons. The minimum absolute atomic E-state index is 1.16. The Morgan fingerprint density at radius 1 is 0.338 bits per heavy atom. The maximum absolute atomic E-state index is 4.17. The Kier molecular flexibility index (Phi) is 10.5. The summed E-state index contributed by atoms with van der Waals surface area (Å²) in [5.41, 5.74) is 19.4. The van der Waals surface area contributed by atoms with E-state index in [1.165, 1.54) is 152 Å². The molecule has 0 fully saturated rings. The standard InChI is InChI=1S/C77H50N2S/c1-3-4-26-54-48(2)73(49-39-42-69-64(45-49)55-27-17-19-36-67(55)78(69)52-22-7-5-8-23-52)57-29-11-16-34-62(57)76(54)63-35-21-38-72-77(63)66-47-51(41-44-71(66)80-72)75-60-32-14-12-30-58(60)74(59-31-13-15-33-61(59)75)50-40-43-70-65(46-50)56-28-18-20-37-68(56)79(70)53-24-9-6-10-25-53/h3-47H,1H2,2H3/b26-4-. The molecule has 0 aliphatic rings. The molecule has 0 aliphatic heterocycles. The van der Waals surface area contributed by atoms with Crippen molar-refractivity contribution in [3.05, 3.63) is 285 Å². The van der Waals surface area contributed by atoms with Crippen LogP contribution in [0.2, 0.25) is 0 Å². The van der Waals surface area contributed by atoms with Crippen molar-refractivity contribution in [2.75, 3.05) is 0 Å². The topological polar surface area (TPSA) is 9.86 Å². The number of nitrogens with zero attached hydrogens (tertiary/aromatic N) is 2. The van der Waals surface area contributed by atoms with Crippen LogP contribution in [0, 0.1) is 6.92 Å². The molecule has 0 saturated heterocycles. The highest BCUT2D eigenvalue weighted by atomic mass is 32.1. The van der Waals surface area contributed by atoms with Crippen LogP contribution in [0.1, 0.15) is 11.1 Å². The predicted molar refractivity (Wildman–Crippen MR) is 346 cm³/mol. The Morgan fingerprint density at radius 2 is 0.750 bits per heavy atom. The molecular weight excluding hydrogens is 985 g/mol. The number of aromatic nitrogens is 2. The number of hydrogen-bond acceptors (Lipinski definition) is 1. The molecule has 80 heavy (non-hydrogen) atoms. The van der Waals surface area contributed by atoms with E-state index < -0.39 is 0 Å². The molecule has 0 bridgehead atoms. The van der Waals surface area contributed by atoms with E-state index in [4.69, 9.17) is 0 Å². The third-order valence-corrected chi connectivity index (χ3v) is 18.0. The van der Waals surface area contributed by atoms with Gasteiger partial charge in [-0.1, -0.05) is 201 Å². The van der Waals surface area contributed by atoms with Crippen LogP contribution in [-0.2, 0) is 0 Å². The van der Waals surface area contributed by atoms with Gasteiger partial charge in [-0.15, -0.1) is 11.3 Å². The van der Waals surface area contributed by atoms with Crippen molar-refractivity contribution in [2.45, 2.75) is 6.92 Å². The van der Waals surface area contributed by atoms with Gasteiger partial charge in [-0.25, -0.2) is 0 Å². The molecule has 0 unspecified atom stereocenters. The summed E-state index contributed by atoms with van der Waals surface area (Å²) in [5, 5.41) is 14.9. The van der Waals surface area contributed by atoms with Crippen molar-refractivity contribution in [2.24, 2.45) is 0 Å². The molecule has 3 heteroatoms. The average molecular weight is 1040 g/mol. The minimum atomic E-state index is 1.16. The van der Waals surface area contributed by atoms with E-state index in [0.717, 1.165) is 11.4 Å². The highest BCUT2D eigenvalue weighted by Gasteiger charge is 2.24. The summed E-state index contributed by atoms with van der Waals surface area (Å²) in [6.07, 6.45) is 6.29. The van der Waals surface area contributed by atoms with Crippen molar-refractivity contribution in [1.29, 1.82) is 0 Å². The van der Waals surface area contributed by atoms with E-state index in [-0.39, 0.29) is 0 Å². The Bertz CT molecular complexity index is 5200. The monoisotopic (exact) mass is 1030 g/mol. The van der Waals surface area contributed by atoms with Crippen LogP contribution < -0.4 is 0 Å². The molecule has 13 aromatic carbocycles. The van der Waals surface area contributed by atoms with Crippen LogP contribution in [0.5, 0.6) is 0 Å². The lowest BCUT2D eigenvalue weighted by molar-refractivity contribution is 1.18. The van der Waals surface area contributed by atoms with Gasteiger partial charge < -0.3 is 9.13 Å². The van der Waals surface area contributed by atoms with E-state index in [0.29, 0.717) is 0 Å². The summed E-state index contributed by atoms with van der Waals surface area (Å²) in [6, 6.07) is 94.5. The average Bonchev–Trinajstić information content (AvgIpc) is 4.27. The van der Waals surface area contributed by atoms with Crippen LogP contribution in [0.15, 0.2) is 274 Å². The van der Waals surface area contributed by atoms with Gasteiger partial charge in [0.25, 0.3) is 0 Å². The first kappa shape index (κ1) is 46.1. The molecule has 0 saturated carbocycles. The van der Waals surface area contributed by atoms with Crippen LogP contribution in [0.3, 0.4) is 0 Å². The van der Waals surface area contributed by atoms with Gasteiger partial charge in [-0.2, -0.15) is 0 Å². The molecule has 374 valence electrons. The van der Waals surface area contributed by atoms with Crippen LogP contribution in [-0.4, -0.2) is 9.13 Å². The van der Waals surface area contributed by atoms with Crippen LogP contribution in [0.4, 0.5) is 0 Å². The Morgan fingerprint density at radius 3 is 1.26 bits per heavy atom. The highest BCUT2D eigenvalue weighted by Crippen LogP contribution is 2.51. The van der Waals surface area contributed by atoms with Gasteiger partial charge in [-0.3, -0.25) is 0 Å². The Labute approximate surface area is 467 Å². The largest absolute Gasteiger partial charge is 0.309 e. The normalized spacial score (nSPS) is 12.1. The first-order valence-corrected chi connectivity index (χ1v) is 28.3. The van der Waals surface area contributed by atoms with Crippen molar-refractivity contribution in [3.8, 4) is 55.9 Å². The lowest BCUT2D eigenvalue weighted by atomic mass is 9.82. The summed E-state index contributed by atoms with van der Waals surface area (Å²) < 4.78 is 7.34. The van der Waals surface area contributed by atoms with E-state index in [1.807, 2.05) is 17.4 Å². The van der Waals surface area contributed by atoms with Gasteiger partial charge in [-0.05, 0) is 174 Å². The highest BCUT2D eigenvalue weighted by molar-refractivity contribution is 7.26. The number of benzene rings is 13. The smallest absolute Gasteiger partial charge is 0.0541 e. The van der Waals surface area contributed by atoms with Crippen molar-refractivity contribution < 1.29 is 0 Å². The fourth-order valence-corrected chi connectivity index (χ4v) is 14.6. The number of hydrogen-bond donors (Lipinski definition) is 0. The molecule has 0 aliphatic carbocycles. The summed E-state index contributed by atoms with van der Waals surface area (Å²) in [4.78, 5) is 0. The molecule has 0 atom stereocenters. The van der Waals surface area contributed by atoms with Crippen molar-refractivity contribution in [1.82, 2.24) is 9.13 Å². The number of allylic oxidation sites excluding steroid dienone is 2. The van der Waals surface area contributed by atoms with E-state index in [1.54, 1.807) is 0 Å². The molecule has 3 heterocycles. The van der Waals surface area contributed by atoms with E-state index in [2.05, 4.69) is 290 Å². The maximum atomic E-state index is 4.17. The second-order valence-corrected chi connectivity index (χ2v) is 22.2. The third-order valence-electron chi connectivity index (χ3n) is 16.8. The molecule has 0 N–H and O–H groups in total. The zero-order valence-corrected chi connectivity index (χ0v) is 44.8. The molecule has 16 aromatic rings. The van der Waals surface area contributed by atoms with E-state index in [9.17, 15) is 0 Å². The lowest BCUT2D eigenvalue weighted by Crippen LogP contribution is -1.97. The Hall–Kier alpha value is -10.1. The zero-order valence-electron chi connectivity index (χ0n) is 44.0. The third kappa shape index (κ3) is 6.91. The van der Waals surface area contributed by atoms with Gasteiger partial charge in [0.05, 0.1) is 22.1 Å². The van der Waals surface area contributed by atoms with Gasteiger partial charge in [0.1, 0.15) is 0 Å². The van der Waals surface area contributed by atoms with Crippen molar-refractivity contribution >= 4 is 114 Å². The lowest BCUT2D eigenvalue weighted by Gasteiger charge is -2.21. The first-order chi connectivity index (χ1) is 39.6. The van der Waals surface area contributed by atoms with Crippen molar-refractivity contribution in [3.63, 3.8) is 0 Å². The summed E-state index contributed by atoms with van der Waals surface area (Å²) >= 11 is 1.88. The number of thiophene rings is 1. The molecule has 3 aromatic heterocycles. The van der Waals surface area contributed by atoms with Gasteiger partial charge in [0, 0.05) is 53.1 Å². The summed E-state index contributed by atoms with van der Waals surface area (Å²) in [5.74, 6) is 0. The molecule has 0 spiro atoms. The number of para-hydroxylation sites is 4. The van der Waals surface area contributed by atoms with E-state index >= 15 is 0 Å². The number of rotatable bonds is 8. The summed E-state index contributed by atoms with van der Waals surface area (Å²) in [7, 11) is 0. The number of fused-ring (bicyclic) bond motifs is 12. The molecule has 0 amide bonds. The fourth-order valence-electron chi connectivity index (χ4n) is 13.5. The second-order valence-electron chi connectivity index (χ2n) is 21.1. The van der Waals surface area contributed by atoms with Crippen LogP contribution >= 0.6 is 11.3 Å². The first-order valence-electron chi connectivity index (χ1n) is 27.5. The SMILES string of the molecule is C=C/C=C\c1c(C)c(-c2ccc3c(c2)c2ccccc2n3-c2ccccc2)c2ccccc2c1-c1cccc2sc3ccc(-c4c5ccccc5c(-c5ccc6c(c5)c5ccccc5n6-c5ccccc5)c5ccccc45)cc3c12. The van der Waals surface area contributed by atoms with Gasteiger partial charge >= 0.3 is 0 Å². The quantitative estimate of drug-likeness (QED) is 0.106. The minimum Gasteiger partial charge on any atom is -0.309 e. The van der Waals surface area contributed by atoms with Gasteiger partial charge in [0.15, 0.2) is 0 Å². The predicted octanol–water partition coefficient (Wildman–Crippen LogP) is 21.9. The molecular formula is C77H50N2S.